The maximum atomic E-state index is 14.5. The van der Waals surface area contributed by atoms with Crippen molar-refractivity contribution >= 4 is 28.7 Å². The summed E-state index contributed by atoms with van der Waals surface area (Å²) >= 11 is 6.00. The number of pyridine rings is 1. The molecule has 1 N–H and O–H groups in total. The maximum Gasteiger partial charge on any atom is 0.410 e. The van der Waals surface area contributed by atoms with Crippen molar-refractivity contribution in [1.82, 2.24) is 30.1 Å². The molecule has 4 atom stereocenters. The van der Waals surface area contributed by atoms with Crippen molar-refractivity contribution < 1.29 is 23.0 Å². The van der Waals surface area contributed by atoms with Crippen LogP contribution in [0, 0.1) is 5.82 Å². The van der Waals surface area contributed by atoms with Gasteiger partial charge in [0.15, 0.2) is 16.6 Å². The zero-order chi connectivity index (χ0) is 26.2. The Morgan fingerprint density at radius 2 is 2.05 bits per heavy atom. The van der Waals surface area contributed by atoms with E-state index in [0.29, 0.717) is 37.0 Å². The molecule has 2 unspecified atom stereocenters. The van der Waals surface area contributed by atoms with Gasteiger partial charge in [-0.3, -0.25) is 10.2 Å². The highest BCUT2D eigenvalue weighted by Gasteiger charge is 2.54. The maximum absolute atomic E-state index is 14.5. The van der Waals surface area contributed by atoms with Crippen molar-refractivity contribution in [3.8, 4) is 6.01 Å². The van der Waals surface area contributed by atoms with Gasteiger partial charge < -0.3 is 14.4 Å². The minimum atomic E-state index is -0.878. The van der Waals surface area contributed by atoms with Crippen LogP contribution in [-0.4, -0.2) is 87.0 Å². The molecule has 5 aliphatic heterocycles. The van der Waals surface area contributed by atoms with Crippen LogP contribution in [-0.2, 0) is 10.3 Å². The van der Waals surface area contributed by atoms with Crippen LogP contribution in [0.2, 0.25) is 5.15 Å². The molecule has 12 heteroatoms. The average molecular weight is 537 g/mol. The van der Waals surface area contributed by atoms with Crippen LogP contribution >= 0.6 is 11.6 Å². The number of piperazine rings is 1. The summed E-state index contributed by atoms with van der Waals surface area (Å²) in [5.41, 5.74) is -1.04. The number of nitrogens with zero attached hydrogens (tertiary/aromatic N) is 5. The molecule has 5 fully saturated rings. The van der Waals surface area contributed by atoms with Gasteiger partial charge in [0, 0.05) is 37.5 Å². The molecule has 9 nitrogen and oxygen atoms in total. The molecular weight excluding hydrogens is 506 g/mol. The quantitative estimate of drug-likeness (QED) is 0.593. The third-order valence-electron chi connectivity index (χ3n) is 7.89. The molecule has 0 saturated carbocycles. The molecule has 7 heterocycles. The van der Waals surface area contributed by atoms with Crippen LogP contribution in [0.15, 0.2) is 6.07 Å². The first-order valence-corrected chi connectivity index (χ1v) is 13.1. The number of aromatic nitrogens is 3. The van der Waals surface area contributed by atoms with Gasteiger partial charge in [-0.05, 0) is 52.6 Å². The van der Waals surface area contributed by atoms with E-state index in [0.717, 1.165) is 19.4 Å². The van der Waals surface area contributed by atoms with Gasteiger partial charge in [0.2, 0.25) is 0 Å². The molecule has 2 aromatic rings. The fraction of sp³-hybridized carbons (Fsp3) is 0.680. The summed E-state index contributed by atoms with van der Waals surface area (Å²) in [6.07, 6.45) is 1.67. The minimum Gasteiger partial charge on any atom is -0.461 e. The number of rotatable bonds is 4. The van der Waals surface area contributed by atoms with Gasteiger partial charge in [0.1, 0.15) is 18.4 Å². The summed E-state index contributed by atoms with van der Waals surface area (Å²) in [7, 11) is 0. The van der Waals surface area contributed by atoms with E-state index in [1.165, 1.54) is 6.07 Å². The van der Waals surface area contributed by atoms with E-state index >= 15 is 0 Å². The third kappa shape index (κ3) is 4.38. The molecule has 2 aromatic heterocycles. The summed E-state index contributed by atoms with van der Waals surface area (Å²) in [6, 6.07) is 1.41. The standard InChI is InChI=1S/C25H31ClF2N6O3/c1-23(2,3)37-22(35)33-11-15-9-25(12-33,32-15)18-16-7-17(28)19(26)30-20(16)31-21(29-18)36-13-24-5-4-6-34(24)10-14(27)8-24/h7,14-15,32H,4-6,8-13H2,1-3H3/t14-,15?,24+,25?/m1/s1. The molecule has 5 aliphatic rings. The topological polar surface area (TPSA) is 92.7 Å². The van der Waals surface area contributed by atoms with E-state index in [2.05, 4.69) is 20.2 Å². The van der Waals surface area contributed by atoms with Gasteiger partial charge in [-0.2, -0.15) is 9.97 Å². The van der Waals surface area contributed by atoms with Crippen LogP contribution in [0.4, 0.5) is 13.6 Å². The van der Waals surface area contributed by atoms with Gasteiger partial charge in [-0.25, -0.2) is 18.6 Å². The Morgan fingerprint density at radius 3 is 2.81 bits per heavy atom. The Hall–Kier alpha value is -2.37. The van der Waals surface area contributed by atoms with Crippen LogP contribution < -0.4 is 10.1 Å². The Morgan fingerprint density at radius 1 is 1.27 bits per heavy atom. The molecule has 7 rings (SSSR count). The molecular formula is C25H31ClF2N6O3. The van der Waals surface area contributed by atoms with E-state index < -0.39 is 29.2 Å². The van der Waals surface area contributed by atoms with Crippen molar-refractivity contribution in [2.45, 2.75) is 75.3 Å². The molecule has 0 aromatic carbocycles. The summed E-state index contributed by atoms with van der Waals surface area (Å²) in [6.45, 7) is 7.77. The lowest BCUT2D eigenvalue weighted by Gasteiger charge is -2.56. The number of amides is 1. The van der Waals surface area contributed by atoms with Crippen LogP contribution in [0.5, 0.6) is 6.01 Å². The highest BCUT2D eigenvalue weighted by atomic mass is 35.5. The van der Waals surface area contributed by atoms with Crippen LogP contribution in [0.1, 0.15) is 52.1 Å². The molecule has 37 heavy (non-hydrogen) atoms. The molecule has 1 amide bonds. The van der Waals surface area contributed by atoms with Crippen molar-refractivity contribution in [3.05, 3.63) is 22.7 Å². The highest BCUT2D eigenvalue weighted by Crippen LogP contribution is 2.44. The smallest absolute Gasteiger partial charge is 0.410 e. The third-order valence-corrected chi connectivity index (χ3v) is 8.15. The fourth-order valence-corrected chi connectivity index (χ4v) is 6.57. The number of halogens is 3. The predicted octanol–water partition coefficient (Wildman–Crippen LogP) is 3.58. The second-order valence-corrected chi connectivity index (χ2v) is 12.2. The average Bonchev–Trinajstić information content (AvgIpc) is 3.32. The van der Waals surface area contributed by atoms with Gasteiger partial charge in [0.25, 0.3) is 0 Å². The summed E-state index contributed by atoms with van der Waals surface area (Å²) < 4.78 is 40.5. The van der Waals surface area contributed by atoms with Gasteiger partial charge in [-0.1, -0.05) is 11.6 Å². The lowest BCUT2D eigenvalue weighted by Crippen LogP contribution is -2.74. The molecule has 200 valence electrons. The Balaban J connectivity index is 1.34. The lowest BCUT2D eigenvalue weighted by atomic mass is 9.74. The van der Waals surface area contributed by atoms with E-state index in [1.54, 1.807) is 4.90 Å². The van der Waals surface area contributed by atoms with E-state index in [-0.39, 0.29) is 41.5 Å². The van der Waals surface area contributed by atoms with Crippen molar-refractivity contribution in [1.29, 1.82) is 0 Å². The molecule has 0 spiro atoms. The minimum absolute atomic E-state index is 0.0478. The fourth-order valence-electron chi connectivity index (χ4n) is 6.44. The Labute approximate surface area is 218 Å². The first kappa shape index (κ1) is 24.9. The largest absolute Gasteiger partial charge is 0.461 e. The van der Waals surface area contributed by atoms with E-state index in [1.807, 2.05) is 20.8 Å². The number of carbonyl (C=O) groups excluding carboxylic acids is 1. The van der Waals surface area contributed by atoms with Crippen molar-refractivity contribution in [2.24, 2.45) is 0 Å². The number of hydrogen-bond acceptors (Lipinski definition) is 8. The number of alkyl halides is 1. The van der Waals surface area contributed by atoms with Gasteiger partial charge in [0.05, 0.1) is 16.8 Å². The molecule has 2 bridgehead atoms. The van der Waals surface area contributed by atoms with E-state index in [9.17, 15) is 13.6 Å². The lowest BCUT2D eigenvalue weighted by molar-refractivity contribution is -0.0301. The zero-order valence-electron chi connectivity index (χ0n) is 21.2. The second kappa shape index (κ2) is 8.57. The van der Waals surface area contributed by atoms with E-state index in [4.69, 9.17) is 26.1 Å². The Bertz CT molecular complexity index is 1250. The predicted molar refractivity (Wildman–Crippen MR) is 132 cm³/mol. The van der Waals surface area contributed by atoms with Crippen molar-refractivity contribution in [3.63, 3.8) is 0 Å². The monoisotopic (exact) mass is 536 g/mol. The Kier molecular flexibility index (Phi) is 5.78. The number of piperidine rings is 1. The number of nitrogens with one attached hydrogen (secondary N) is 1. The van der Waals surface area contributed by atoms with Crippen LogP contribution in [0.25, 0.3) is 11.0 Å². The summed E-state index contributed by atoms with van der Waals surface area (Å²) in [5, 5.41) is 3.62. The normalized spacial score (nSPS) is 31.4. The molecule has 5 saturated heterocycles. The molecule has 0 radical (unpaired) electrons. The zero-order valence-corrected chi connectivity index (χ0v) is 21.9. The number of hydrogen-bond donors (Lipinski definition) is 1. The first-order valence-electron chi connectivity index (χ1n) is 12.8. The summed E-state index contributed by atoms with van der Waals surface area (Å²) in [5.74, 6) is -0.680. The van der Waals surface area contributed by atoms with Crippen LogP contribution in [0.3, 0.4) is 0 Å². The number of carbonyl (C=O) groups is 1. The van der Waals surface area contributed by atoms with Crippen molar-refractivity contribution in [2.75, 3.05) is 32.8 Å². The summed E-state index contributed by atoms with van der Waals surface area (Å²) in [4.78, 5) is 30.0. The van der Waals surface area contributed by atoms with Gasteiger partial charge >= 0.3 is 12.1 Å². The number of fused-ring (bicyclic) bond motifs is 4. The highest BCUT2D eigenvalue weighted by molar-refractivity contribution is 6.29. The molecule has 0 aliphatic carbocycles. The number of ether oxygens (including phenoxy) is 2. The second-order valence-electron chi connectivity index (χ2n) is 11.8. The SMILES string of the molecule is CC(C)(C)OC(=O)N1CC2CC(c3nc(OC[C@@]45CCCN4C[C@H](F)C5)nc4nc(Cl)c(F)cc34)(C1)N2. The van der Waals surface area contributed by atoms with Gasteiger partial charge in [-0.15, -0.1) is 0 Å². The first-order chi connectivity index (χ1) is 17.5.